The van der Waals surface area contributed by atoms with Crippen molar-refractivity contribution in [3.63, 3.8) is 0 Å². The van der Waals surface area contributed by atoms with Crippen LogP contribution in [0.4, 0.5) is 0 Å². The summed E-state index contributed by atoms with van der Waals surface area (Å²) < 4.78 is 0. The van der Waals surface area contributed by atoms with Crippen molar-refractivity contribution in [2.24, 2.45) is 0 Å². The summed E-state index contributed by atoms with van der Waals surface area (Å²) in [6.07, 6.45) is 0. The number of hydrogen-bond acceptors (Lipinski definition) is 1. The molecule has 0 saturated heterocycles. The van der Waals surface area contributed by atoms with E-state index in [0.717, 1.165) is 5.56 Å². The fourth-order valence-electron chi connectivity index (χ4n) is 1.04. The van der Waals surface area contributed by atoms with Gasteiger partial charge in [-0.25, -0.2) is 0 Å². The predicted molar refractivity (Wildman–Crippen MR) is 59.1 cm³/mol. The first-order valence-electron chi connectivity index (χ1n) is 4.71. The highest BCUT2D eigenvalue weighted by molar-refractivity contribution is 5.40. The van der Waals surface area contributed by atoms with E-state index < -0.39 is 5.60 Å². The maximum absolute atomic E-state index is 9.43. The van der Waals surface area contributed by atoms with Gasteiger partial charge in [0.15, 0.2) is 0 Å². The summed E-state index contributed by atoms with van der Waals surface area (Å²) in [5.74, 6) is 5.74. The molecule has 0 aliphatic rings. The topological polar surface area (TPSA) is 20.2 Å². The zero-order chi connectivity index (χ0) is 10.8. The van der Waals surface area contributed by atoms with Gasteiger partial charge >= 0.3 is 0 Å². The summed E-state index contributed by atoms with van der Waals surface area (Å²) >= 11 is 0. The molecule has 0 atom stereocenters. The Morgan fingerprint density at radius 3 is 2.29 bits per heavy atom. The average molecular weight is 188 g/mol. The third-order valence-corrected chi connectivity index (χ3v) is 2.02. The monoisotopic (exact) mass is 188 g/mol. The molecule has 14 heavy (non-hydrogen) atoms. The maximum Gasteiger partial charge on any atom is 0.120 e. The Labute approximate surface area is 85.8 Å². The lowest BCUT2D eigenvalue weighted by Crippen LogP contribution is -2.14. The predicted octanol–water partition coefficient (Wildman–Crippen LogP) is 2.43. The van der Waals surface area contributed by atoms with E-state index in [4.69, 9.17) is 0 Å². The van der Waals surface area contributed by atoms with Crippen molar-refractivity contribution in [3.05, 3.63) is 34.9 Å². The molecule has 0 aliphatic carbocycles. The SMILES string of the molecule is Cc1ccc(C#CC(C)(C)O)cc1C. The zero-order valence-corrected chi connectivity index (χ0v) is 9.18. The van der Waals surface area contributed by atoms with Gasteiger partial charge in [-0.1, -0.05) is 17.9 Å². The van der Waals surface area contributed by atoms with Crippen molar-refractivity contribution in [2.45, 2.75) is 33.3 Å². The fraction of sp³-hybridized carbons (Fsp3) is 0.385. The first kappa shape index (κ1) is 10.8. The highest BCUT2D eigenvalue weighted by Gasteiger charge is 2.05. The lowest BCUT2D eigenvalue weighted by atomic mass is 10.1. The van der Waals surface area contributed by atoms with Gasteiger partial charge in [-0.05, 0) is 51.0 Å². The molecule has 0 unspecified atom stereocenters. The van der Waals surface area contributed by atoms with Crippen LogP contribution in [0.3, 0.4) is 0 Å². The van der Waals surface area contributed by atoms with Crippen LogP contribution in [0.5, 0.6) is 0 Å². The molecule has 1 aromatic rings. The first-order valence-corrected chi connectivity index (χ1v) is 4.71. The van der Waals surface area contributed by atoms with Crippen LogP contribution in [-0.2, 0) is 0 Å². The van der Waals surface area contributed by atoms with E-state index in [1.165, 1.54) is 11.1 Å². The van der Waals surface area contributed by atoms with E-state index in [2.05, 4.69) is 25.7 Å². The Bertz CT molecular complexity index is 386. The molecule has 1 N–H and O–H groups in total. The Balaban J connectivity index is 2.98. The highest BCUT2D eigenvalue weighted by atomic mass is 16.3. The molecule has 0 amide bonds. The summed E-state index contributed by atoms with van der Waals surface area (Å²) in [5.41, 5.74) is 2.53. The molecule has 1 nitrogen and oxygen atoms in total. The molecule has 0 fully saturated rings. The molecule has 1 aromatic carbocycles. The van der Waals surface area contributed by atoms with E-state index >= 15 is 0 Å². The van der Waals surface area contributed by atoms with Crippen molar-refractivity contribution >= 4 is 0 Å². The summed E-state index contributed by atoms with van der Waals surface area (Å²) in [6, 6.07) is 6.05. The van der Waals surface area contributed by atoms with Crippen LogP contribution in [0.25, 0.3) is 0 Å². The fourth-order valence-corrected chi connectivity index (χ4v) is 1.04. The minimum Gasteiger partial charge on any atom is -0.378 e. The molecule has 1 rings (SSSR count). The second kappa shape index (κ2) is 3.86. The van der Waals surface area contributed by atoms with E-state index in [0.29, 0.717) is 0 Å². The van der Waals surface area contributed by atoms with Crippen LogP contribution in [0, 0.1) is 25.7 Å². The van der Waals surface area contributed by atoms with Crippen molar-refractivity contribution in [1.82, 2.24) is 0 Å². The Morgan fingerprint density at radius 2 is 1.79 bits per heavy atom. The standard InChI is InChI=1S/C13H16O/c1-10-5-6-12(9-11(10)2)7-8-13(3,4)14/h5-6,9,14H,1-4H3. The van der Waals surface area contributed by atoms with Crippen LogP contribution in [-0.4, -0.2) is 10.7 Å². The Kier molecular flexibility index (Phi) is 2.98. The summed E-state index contributed by atoms with van der Waals surface area (Å²) in [6.45, 7) is 7.50. The van der Waals surface area contributed by atoms with Crippen LogP contribution >= 0.6 is 0 Å². The lowest BCUT2D eigenvalue weighted by Gasteiger charge is -2.06. The van der Waals surface area contributed by atoms with Gasteiger partial charge in [-0.3, -0.25) is 0 Å². The molecular formula is C13H16O. The quantitative estimate of drug-likeness (QED) is 0.620. The van der Waals surface area contributed by atoms with Gasteiger partial charge in [0.1, 0.15) is 5.60 Å². The summed E-state index contributed by atoms with van der Waals surface area (Å²) in [5, 5.41) is 9.43. The van der Waals surface area contributed by atoms with Gasteiger partial charge < -0.3 is 5.11 Å². The second-order valence-corrected chi connectivity index (χ2v) is 4.11. The van der Waals surface area contributed by atoms with E-state index in [1.807, 2.05) is 18.2 Å². The highest BCUT2D eigenvalue weighted by Crippen LogP contribution is 2.09. The van der Waals surface area contributed by atoms with Gasteiger partial charge in [-0.15, -0.1) is 0 Å². The largest absolute Gasteiger partial charge is 0.378 e. The van der Waals surface area contributed by atoms with Crippen molar-refractivity contribution in [1.29, 1.82) is 0 Å². The molecule has 74 valence electrons. The van der Waals surface area contributed by atoms with Crippen molar-refractivity contribution in [3.8, 4) is 11.8 Å². The molecular weight excluding hydrogens is 172 g/mol. The lowest BCUT2D eigenvalue weighted by molar-refractivity contribution is 0.143. The number of rotatable bonds is 0. The van der Waals surface area contributed by atoms with Gasteiger partial charge in [-0.2, -0.15) is 0 Å². The molecule has 0 spiro atoms. The Hall–Kier alpha value is -1.26. The Morgan fingerprint density at radius 1 is 1.14 bits per heavy atom. The minimum absolute atomic E-state index is 0.918. The van der Waals surface area contributed by atoms with Crippen molar-refractivity contribution in [2.75, 3.05) is 0 Å². The molecule has 0 aromatic heterocycles. The summed E-state index contributed by atoms with van der Waals surface area (Å²) in [7, 11) is 0. The van der Waals surface area contributed by atoms with Gasteiger partial charge in [0.05, 0.1) is 0 Å². The van der Waals surface area contributed by atoms with Gasteiger partial charge in [0, 0.05) is 5.56 Å². The molecule has 0 saturated carbocycles. The number of benzene rings is 1. The average Bonchev–Trinajstić information content (AvgIpc) is 2.06. The number of hydrogen-bond donors (Lipinski definition) is 1. The minimum atomic E-state index is -0.918. The third-order valence-electron chi connectivity index (χ3n) is 2.02. The smallest absolute Gasteiger partial charge is 0.120 e. The number of aliphatic hydroxyl groups is 1. The van der Waals surface area contributed by atoms with Crippen LogP contribution in [0.15, 0.2) is 18.2 Å². The van der Waals surface area contributed by atoms with Crippen LogP contribution in [0.2, 0.25) is 0 Å². The van der Waals surface area contributed by atoms with Crippen molar-refractivity contribution < 1.29 is 5.11 Å². The van der Waals surface area contributed by atoms with Crippen LogP contribution < -0.4 is 0 Å². The number of aryl methyl sites for hydroxylation is 2. The van der Waals surface area contributed by atoms with E-state index in [1.54, 1.807) is 13.8 Å². The molecule has 0 heterocycles. The van der Waals surface area contributed by atoms with E-state index in [-0.39, 0.29) is 0 Å². The zero-order valence-electron chi connectivity index (χ0n) is 9.18. The molecule has 0 aliphatic heterocycles. The summed E-state index contributed by atoms with van der Waals surface area (Å²) in [4.78, 5) is 0. The van der Waals surface area contributed by atoms with Gasteiger partial charge in [0.2, 0.25) is 0 Å². The molecule has 0 bridgehead atoms. The maximum atomic E-state index is 9.43. The third kappa shape index (κ3) is 3.24. The van der Waals surface area contributed by atoms with Gasteiger partial charge in [0.25, 0.3) is 0 Å². The first-order chi connectivity index (χ1) is 6.38. The van der Waals surface area contributed by atoms with E-state index in [9.17, 15) is 5.11 Å². The molecule has 1 heteroatoms. The normalized spacial score (nSPS) is 10.6. The molecule has 0 radical (unpaired) electrons. The van der Waals surface area contributed by atoms with Crippen LogP contribution in [0.1, 0.15) is 30.5 Å². The second-order valence-electron chi connectivity index (χ2n) is 4.11.